The number of hydrogen-bond donors (Lipinski definition) is 1. The van der Waals surface area contributed by atoms with Crippen LogP contribution in [0.2, 0.25) is 5.02 Å². The fourth-order valence-corrected chi connectivity index (χ4v) is 4.47. The number of hydrogen-bond acceptors (Lipinski definition) is 7. The highest BCUT2D eigenvalue weighted by Gasteiger charge is 2.27. The Morgan fingerprint density at radius 1 is 1.15 bits per heavy atom. The molecule has 0 radical (unpaired) electrons. The molecule has 3 rings (SSSR count). The zero-order valence-corrected chi connectivity index (χ0v) is 19.4. The molecule has 10 nitrogen and oxygen atoms in total. The van der Waals surface area contributed by atoms with Gasteiger partial charge in [-0.3, -0.25) is 19.2 Å². The summed E-state index contributed by atoms with van der Waals surface area (Å²) in [5.41, 5.74) is 2.48. The normalized spacial score (nSPS) is 11.2. The maximum absolute atomic E-state index is 13.3. The van der Waals surface area contributed by atoms with Crippen molar-refractivity contribution in [2.45, 2.75) is 4.90 Å². The van der Waals surface area contributed by atoms with Gasteiger partial charge in [0.1, 0.15) is 12.3 Å². The Kier molecular flexibility index (Phi) is 7.82. The number of nitrogens with one attached hydrogen (secondary N) is 1. The van der Waals surface area contributed by atoms with Crippen molar-refractivity contribution in [2.75, 3.05) is 18.0 Å². The molecule has 0 heterocycles. The van der Waals surface area contributed by atoms with Crippen LogP contribution in [-0.4, -0.2) is 39.1 Å². The van der Waals surface area contributed by atoms with Crippen LogP contribution in [0.25, 0.3) is 0 Å². The lowest BCUT2D eigenvalue weighted by Gasteiger charge is -2.23. The Balaban J connectivity index is 1.83. The number of non-ortho nitro benzene ring substituents is 1. The van der Waals surface area contributed by atoms with E-state index in [1.54, 1.807) is 30.3 Å². The average Bonchev–Trinajstić information content (AvgIpc) is 2.84. The predicted octanol–water partition coefficient (Wildman–Crippen LogP) is 3.60. The van der Waals surface area contributed by atoms with Crippen LogP contribution in [0.15, 0.2) is 82.8 Å². The second kappa shape index (κ2) is 10.8. The minimum atomic E-state index is -4.08. The van der Waals surface area contributed by atoms with Gasteiger partial charge >= 0.3 is 0 Å². The Bertz CT molecular complexity index is 1310. The number of sulfonamides is 1. The number of rotatable bonds is 9. The van der Waals surface area contributed by atoms with Gasteiger partial charge in [-0.1, -0.05) is 29.8 Å². The standard InChI is InChI=1S/C22H19ClN4O6S/c1-33-19-10-7-17(8-11-19)26(34(31,32)20-5-3-2-4-6-20)15-22(28)25-24-14-16-13-18(27(29)30)9-12-21(16)23/h2-14H,15H2,1H3,(H,25,28)/b24-14-. The number of halogens is 1. The fourth-order valence-electron chi connectivity index (χ4n) is 2.87. The first-order valence-electron chi connectivity index (χ1n) is 9.70. The number of ether oxygens (including phenoxy) is 1. The molecule has 34 heavy (non-hydrogen) atoms. The summed E-state index contributed by atoms with van der Waals surface area (Å²) in [5.74, 6) is -0.225. The lowest BCUT2D eigenvalue weighted by atomic mass is 10.2. The molecular weight excluding hydrogens is 484 g/mol. The van der Waals surface area contributed by atoms with Crippen molar-refractivity contribution in [3.63, 3.8) is 0 Å². The number of methoxy groups -OCH3 is 1. The zero-order valence-electron chi connectivity index (χ0n) is 17.8. The summed E-state index contributed by atoms with van der Waals surface area (Å²) in [6, 6.07) is 17.6. The summed E-state index contributed by atoms with van der Waals surface area (Å²) in [6.07, 6.45) is 1.14. The first kappa shape index (κ1) is 24.7. The van der Waals surface area contributed by atoms with Gasteiger partial charge in [-0.05, 0) is 42.5 Å². The molecule has 0 aliphatic heterocycles. The Labute approximate surface area is 200 Å². The van der Waals surface area contributed by atoms with Crippen LogP contribution in [0, 0.1) is 10.1 Å². The number of amides is 1. The number of carbonyl (C=O) groups is 1. The van der Waals surface area contributed by atoms with Crippen LogP contribution in [0.3, 0.4) is 0 Å². The summed E-state index contributed by atoms with van der Waals surface area (Å²) < 4.78 is 32.6. The summed E-state index contributed by atoms with van der Waals surface area (Å²) in [4.78, 5) is 22.9. The second-order valence-electron chi connectivity index (χ2n) is 6.78. The van der Waals surface area contributed by atoms with E-state index in [0.717, 1.165) is 10.5 Å². The molecule has 0 unspecified atom stereocenters. The van der Waals surface area contributed by atoms with E-state index < -0.39 is 27.4 Å². The fraction of sp³-hybridized carbons (Fsp3) is 0.0909. The molecule has 0 bridgehead atoms. The van der Waals surface area contributed by atoms with Crippen molar-refractivity contribution in [3.8, 4) is 5.75 Å². The van der Waals surface area contributed by atoms with Gasteiger partial charge in [-0.2, -0.15) is 5.10 Å². The summed E-state index contributed by atoms with van der Waals surface area (Å²) in [6.45, 7) is -0.580. The third-order valence-corrected chi connectivity index (χ3v) is 6.69. The Morgan fingerprint density at radius 2 is 1.82 bits per heavy atom. The van der Waals surface area contributed by atoms with Gasteiger partial charge in [-0.15, -0.1) is 0 Å². The highest BCUT2D eigenvalue weighted by Crippen LogP contribution is 2.25. The van der Waals surface area contributed by atoms with Gasteiger partial charge in [0.15, 0.2) is 0 Å². The minimum absolute atomic E-state index is 0.00509. The number of benzene rings is 3. The maximum Gasteiger partial charge on any atom is 0.270 e. The van der Waals surface area contributed by atoms with Crippen molar-refractivity contribution in [2.24, 2.45) is 5.10 Å². The number of hydrazone groups is 1. The molecule has 0 atom stereocenters. The van der Waals surface area contributed by atoms with E-state index in [2.05, 4.69) is 10.5 Å². The number of carbonyl (C=O) groups excluding carboxylic acids is 1. The molecule has 0 spiro atoms. The lowest BCUT2D eigenvalue weighted by Crippen LogP contribution is -2.39. The van der Waals surface area contributed by atoms with Crippen LogP contribution >= 0.6 is 11.6 Å². The Hall–Kier alpha value is -3.96. The zero-order chi connectivity index (χ0) is 24.7. The van der Waals surface area contributed by atoms with Crippen LogP contribution in [0.1, 0.15) is 5.56 Å². The smallest absolute Gasteiger partial charge is 0.270 e. The largest absolute Gasteiger partial charge is 0.497 e. The number of anilines is 1. The minimum Gasteiger partial charge on any atom is -0.497 e. The molecule has 0 saturated carbocycles. The molecule has 3 aromatic carbocycles. The van der Waals surface area contributed by atoms with Crippen molar-refractivity contribution in [1.82, 2.24) is 5.43 Å². The number of nitro benzene ring substituents is 1. The summed E-state index contributed by atoms with van der Waals surface area (Å²) >= 11 is 6.01. The molecule has 0 aliphatic carbocycles. The molecule has 3 aromatic rings. The van der Waals surface area contributed by atoms with Gasteiger partial charge < -0.3 is 4.74 Å². The molecule has 176 valence electrons. The van der Waals surface area contributed by atoms with Crippen molar-refractivity contribution in [1.29, 1.82) is 0 Å². The second-order valence-corrected chi connectivity index (χ2v) is 9.05. The van der Waals surface area contributed by atoms with E-state index >= 15 is 0 Å². The molecular formula is C22H19ClN4O6S. The van der Waals surface area contributed by atoms with E-state index in [4.69, 9.17) is 16.3 Å². The molecule has 0 saturated heterocycles. The van der Waals surface area contributed by atoms with E-state index in [1.807, 2.05) is 0 Å². The van der Waals surface area contributed by atoms with Crippen molar-refractivity contribution < 1.29 is 22.9 Å². The maximum atomic E-state index is 13.3. The quantitative estimate of drug-likeness (QED) is 0.270. The molecule has 0 fully saturated rings. The topological polar surface area (TPSA) is 131 Å². The first-order valence-corrected chi connectivity index (χ1v) is 11.5. The third-order valence-electron chi connectivity index (χ3n) is 4.56. The van der Waals surface area contributed by atoms with Gasteiger partial charge in [0.2, 0.25) is 0 Å². The van der Waals surface area contributed by atoms with Gasteiger partial charge in [0, 0.05) is 22.7 Å². The average molecular weight is 503 g/mol. The van der Waals surface area contributed by atoms with E-state index in [0.29, 0.717) is 5.75 Å². The summed E-state index contributed by atoms with van der Waals surface area (Å²) in [7, 11) is -2.61. The number of nitrogens with zero attached hydrogens (tertiary/aromatic N) is 3. The lowest BCUT2D eigenvalue weighted by molar-refractivity contribution is -0.384. The molecule has 0 aromatic heterocycles. The SMILES string of the molecule is COc1ccc(N(CC(=O)N/N=C\c2cc([N+](=O)[O-])ccc2Cl)S(=O)(=O)c2ccccc2)cc1. The third kappa shape index (κ3) is 5.88. The van der Waals surface area contributed by atoms with Crippen molar-refractivity contribution >= 4 is 45.1 Å². The van der Waals surface area contributed by atoms with Crippen molar-refractivity contribution in [3.05, 3.63) is 93.5 Å². The first-order chi connectivity index (χ1) is 16.2. The van der Waals surface area contributed by atoms with Gasteiger partial charge in [-0.25, -0.2) is 13.8 Å². The van der Waals surface area contributed by atoms with Gasteiger partial charge in [0.25, 0.3) is 21.6 Å². The van der Waals surface area contributed by atoms with Crippen LogP contribution < -0.4 is 14.5 Å². The van der Waals surface area contributed by atoms with E-state index in [1.165, 1.54) is 49.6 Å². The molecule has 12 heteroatoms. The monoisotopic (exact) mass is 502 g/mol. The predicted molar refractivity (Wildman–Crippen MR) is 128 cm³/mol. The molecule has 1 N–H and O–H groups in total. The highest BCUT2D eigenvalue weighted by molar-refractivity contribution is 7.92. The van der Waals surface area contributed by atoms with E-state index in [9.17, 15) is 23.3 Å². The van der Waals surface area contributed by atoms with Crippen LogP contribution in [0.5, 0.6) is 5.75 Å². The van der Waals surface area contributed by atoms with Gasteiger partial charge in [0.05, 0.1) is 28.8 Å². The number of nitro groups is 1. The van der Waals surface area contributed by atoms with Crippen LogP contribution in [-0.2, 0) is 14.8 Å². The molecule has 1 amide bonds. The highest BCUT2D eigenvalue weighted by atomic mass is 35.5. The molecule has 0 aliphatic rings. The van der Waals surface area contributed by atoms with E-state index in [-0.39, 0.29) is 26.9 Å². The van der Waals surface area contributed by atoms with Crippen LogP contribution in [0.4, 0.5) is 11.4 Å². The summed E-state index contributed by atoms with van der Waals surface area (Å²) in [5, 5.41) is 14.9. The Morgan fingerprint density at radius 3 is 2.44 bits per heavy atom.